The van der Waals surface area contributed by atoms with Gasteiger partial charge in [-0.1, -0.05) is 240 Å². The van der Waals surface area contributed by atoms with Crippen LogP contribution < -0.4 is 0 Å². The largest absolute Gasteiger partial charge is 0.466 e. The summed E-state index contributed by atoms with van der Waals surface area (Å²) in [7, 11) is 0. The minimum absolute atomic E-state index is 0.0232. The highest BCUT2D eigenvalue weighted by Gasteiger charge is 2.67. The number of allylic oxidation sites excluding steroid dienone is 12. The van der Waals surface area contributed by atoms with Crippen LogP contribution in [0, 0.1) is 129 Å². The van der Waals surface area contributed by atoms with Gasteiger partial charge >= 0.3 is 0 Å². The molecule has 9 fully saturated rings. The summed E-state index contributed by atoms with van der Waals surface area (Å²) >= 11 is 5.53. The zero-order valence-corrected chi connectivity index (χ0v) is 85.7. The van der Waals surface area contributed by atoms with Crippen LogP contribution in [-0.4, -0.2) is 77.1 Å². The summed E-state index contributed by atoms with van der Waals surface area (Å²) in [6, 6.07) is 0. The van der Waals surface area contributed by atoms with E-state index >= 15 is 0 Å². The van der Waals surface area contributed by atoms with Gasteiger partial charge in [-0.2, -0.15) is 0 Å². The molecule has 0 bridgehead atoms. The molecule has 1 N–H and O–H groups in total. The molecule has 18 aliphatic rings. The Morgan fingerprint density at radius 3 is 1.27 bits per heavy atom. The molecule has 3 aromatic rings. The Labute approximate surface area is 791 Å². The second-order valence-corrected chi connectivity index (χ2v) is 51.9. The molecule has 3 heterocycles. The van der Waals surface area contributed by atoms with Crippen molar-refractivity contribution in [3.8, 4) is 0 Å². The summed E-state index contributed by atoms with van der Waals surface area (Å²) < 4.78 is 19.4. The average Bonchev–Trinajstić information content (AvgIpc) is 1.69. The molecule has 0 aromatic carbocycles. The summed E-state index contributed by atoms with van der Waals surface area (Å²) in [6.45, 7) is 62.0. The minimum Gasteiger partial charge on any atom is -0.466 e. The van der Waals surface area contributed by atoms with Crippen LogP contribution in [0.5, 0.6) is 0 Å². The number of aromatic nitrogens is 4. The number of ether oxygens (including phenoxy) is 1. The fourth-order valence-electron chi connectivity index (χ4n) is 34.7. The zero-order chi connectivity index (χ0) is 95.1. The number of fused-ring (bicyclic) bond motifs is 20. The number of carbonyl (C=O) groups is 6. The Bertz CT molecular complexity index is 5360. The highest BCUT2D eigenvalue weighted by Crippen LogP contribution is 2.73. The maximum absolute atomic E-state index is 12.6. The lowest BCUT2D eigenvalue weighted by Crippen LogP contribution is -2.57. The molecule has 712 valence electrons. The van der Waals surface area contributed by atoms with Gasteiger partial charge < -0.3 is 23.7 Å². The van der Waals surface area contributed by atoms with Crippen LogP contribution in [0.15, 0.2) is 122 Å². The van der Waals surface area contributed by atoms with Gasteiger partial charge in [0.05, 0.1) is 25.1 Å². The van der Waals surface area contributed by atoms with E-state index in [0.29, 0.717) is 94.4 Å². The first-order valence-corrected chi connectivity index (χ1v) is 51.8. The molecule has 0 unspecified atom stereocenters. The maximum atomic E-state index is 12.6. The van der Waals surface area contributed by atoms with Gasteiger partial charge in [-0.25, -0.2) is 9.83 Å². The van der Waals surface area contributed by atoms with Crippen LogP contribution in [0.2, 0.25) is 0 Å². The number of carbonyl (C=O) groups excluding carboxylic acids is 6. The fourth-order valence-corrected chi connectivity index (χ4v) is 34.9. The Morgan fingerprint density at radius 2 is 0.809 bits per heavy atom. The van der Waals surface area contributed by atoms with Gasteiger partial charge in [-0.3, -0.25) is 28.5 Å². The van der Waals surface area contributed by atoms with Crippen LogP contribution in [-0.2, 0) is 57.2 Å². The lowest BCUT2D eigenvalue weighted by Gasteiger charge is -2.61. The highest BCUT2D eigenvalue weighted by atomic mass is 32.1. The van der Waals surface area contributed by atoms with E-state index in [0.717, 1.165) is 133 Å². The molecule has 18 aliphatic carbocycles. The van der Waals surface area contributed by atoms with Gasteiger partial charge in [0, 0.05) is 104 Å². The summed E-state index contributed by atoms with van der Waals surface area (Å²) in [4.78, 5) is 81.6. The van der Waals surface area contributed by atoms with Crippen LogP contribution >= 0.6 is 12.2 Å². The van der Waals surface area contributed by atoms with Gasteiger partial charge in [0.15, 0.2) is 17.3 Å². The van der Waals surface area contributed by atoms with Gasteiger partial charge in [0.2, 0.25) is 5.70 Å². The van der Waals surface area contributed by atoms with Crippen LogP contribution in [0.3, 0.4) is 0 Å². The molecule has 20 atom stereocenters. The first-order chi connectivity index (χ1) is 61.0. The predicted molar refractivity (Wildman–Crippen MR) is 522 cm³/mol. The number of rotatable bonds is 1. The third-order valence-corrected chi connectivity index (χ3v) is 42.1. The van der Waals surface area contributed by atoms with E-state index in [4.69, 9.17) is 32.6 Å². The van der Waals surface area contributed by atoms with Crippen molar-refractivity contribution < 1.29 is 47.7 Å². The first-order valence-electron chi connectivity index (χ1n) is 51.4. The number of thiocarbonyl (C=S) groups is 1. The zero-order valence-electron chi connectivity index (χ0n) is 84.9. The number of nitrogens with zero attached hydrogens (tertiary/aromatic N) is 5. The Kier molecular flexibility index (Phi) is 24.7. The third kappa shape index (κ3) is 15.4. The summed E-state index contributed by atoms with van der Waals surface area (Å²) in [6.07, 6.45) is 60.7. The molecule has 16 heteroatoms. The van der Waals surface area contributed by atoms with Gasteiger partial charge in [-0.05, 0) is 295 Å². The molecule has 21 rings (SSSR count). The van der Waals surface area contributed by atoms with Crippen molar-refractivity contribution in [3.63, 3.8) is 0 Å². The molecule has 0 saturated heterocycles. The Morgan fingerprint density at radius 1 is 0.420 bits per heavy atom. The molecule has 131 heavy (non-hydrogen) atoms. The first kappa shape index (κ1) is 97.3. The second-order valence-electron chi connectivity index (χ2n) is 51.6. The monoisotopic (exact) mass is 1800 g/mol. The summed E-state index contributed by atoms with van der Waals surface area (Å²) in [5, 5.41) is 19.2. The van der Waals surface area contributed by atoms with E-state index in [1.165, 1.54) is 105 Å². The average molecular weight is 1810 g/mol. The van der Waals surface area contributed by atoms with Crippen LogP contribution in [0.25, 0.3) is 4.85 Å². The summed E-state index contributed by atoms with van der Waals surface area (Å²) in [5.74, 6) is 6.73. The number of imidazole rings is 1. The van der Waals surface area contributed by atoms with Gasteiger partial charge in [0.1, 0.15) is 41.3 Å². The second kappa shape index (κ2) is 33.2. The lowest BCUT2D eigenvalue weighted by atomic mass is 9.43. The number of hydrogen-bond donors (Lipinski definition) is 1. The molecule has 3 aromatic heterocycles. The molecule has 0 spiro atoms. The molecule has 9 saturated carbocycles. The predicted octanol–water partition coefficient (Wildman–Crippen LogP) is 27.1. The van der Waals surface area contributed by atoms with Crippen molar-refractivity contribution in [2.24, 2.45) is 122 Å². The number of hydrogen-bond acceptors (Lipinski definition) is 14. The quantitative estimate of drug-likeness (QED) is 0.137. The number of aliphatic hydroxyl groups excluding tert-OH is 1. The van der Waals surface area contributed by atoms with E-state index in [1.54, 1.807) is 28.2 Å². The Balaban J connectivity index is 0.000000115. The van der Waals surface area contributed by atoms with Gasteiger partial charge in [-0.15, -0.1) is 0 Å². The number of ketones is 6. The minimum atomic E-state index is -0.550. The topological polar surface area (TPSA) is 206 Å². The molecule has 0 amide bonds. The standard InChI is InChI=1S/C22H30N2O2S.C19H25NO2.C19H23NO2.C19H27NO.C18H28O2.C18H28O/c1-20(2)15-8-10-22(4)16(21(15,3)11-9-17(20)25)6-5-7-18(22)26-19(27)24-13-12-23-14-24;1-17(2)14-6-8-18(3)7-5-13(21)9-15(18)19(14,4)10-12-11-20-22-16(12)17;1-17(2)14-7-9-18(3)8-6-12(21)10-15(18)19(14,4)11-13(20-5)16(17)22;1-17(2)14-8-10-18(3)9-6-5-7-15(18)19(14,4)11-13-12-20-21-16(13)17;1-16(2)12-8-10-18(4)13(6-5-7-15(18)20)17(12,3)11-9-14(16)19;1-16(2)13-8-11-17(3)10-6-5-7-14(17)18(13,4)12-9-15(16)19/h6,12-15,18H,5,7-11H2,1-4H3;9,11,14H,5-8,10H2,1-4H3;10-11,14H,6-9H2,1-4H3;7,12,14H,5-6,8-11H2,1-4H3;6,12,15,20H,5,7-11H2,1-4H3;7,13H,5-6,8-12H2,1-4H3/t15-,18+,21-,22+;3*14-,18+,19-;12-,15+,17-,18+;13-,17+,18-/m000000/s1. The van der Waals surface area contributed by atoms with Crippen molar-refractivity contribution >= 4 is 52.1 Å². The van der Waals surface area contributed by atoms with Crippen molar-refractivity contribution in [2.45, 2.75) is 408 Å². The van der Waals surface area contributed by atoms with E-state index in [2.05, 4.69) is 197 Å². The molecular weight excluding hydrogens is 1640 g/mol. The molecular formula is C115H161N5O10S. The third-order valence-electron chi connectivity index (χ3n) is 41.8. The van der Waals surface area contributed by atoms with E-state index in [1.807, 2.05) is 50.7 Å². The normalized spacial score (nSPS) is 41.5. The SMILES string of the molecule is CC1(C)C(=O)CC[C@]2(C)C3=CCCC[C@]3(C)CC[C@@H]12.CC1(C)C(=O)CC[C@]2(C)C3=CCC[C@@H](O)[C@]3(C)CC[C@@H]12.CC1(C)C(=O)CC[C@]2(C)C3=CCC[C@@H](OC(=S)n4ccnc4)[C@]3(C)CC[C@@H]12.CC1(C)c2oncc2C[C@]2(C)C3=CC(=O)CC[C@]3(C)CC[C@@H]12.CC1(C)c2oncc2C[C@]2(C)C3=CCCC[C@]3(C)CC[C@@H]12.[C-]#[N+]C1=C[C@]2(C)C3=CC(=O)CC[C@]3(C)CC[C@H]2C(C)(C)C1=O. The van der Waals surface area contributed by atoms with E-state index < -0.39 is 5.41 Å². The van der Waals surface area contributed by atoms with Gasteiger partial charge in [0.25, 0.3) is 5.17 Å². The lowest BCUT2D eigenvalue weighted by molar-refractivity contribution is -0.143. The Hall–Kier alpha value is -6.83. The highest BCUT2D eigenvalue weighted by molar-refractivity contribution is 7.80. The smallest absolute Gasteiger partial charge is 0.269 e. The van der Waals surface area contributed by atoms with Crippen molar-refractivity contribution in [1.82, 2.24) is 19.9 Å². The van der Waals surface area contributed by atoms with Crippen molar-refractivity contribution in [1.29, 1.82) is 0 Å². The molecule has 0 radical (unpaired) electrons. The van der Waals surface area contributed by atoms with Crippen molar-refractivity contribution in [2.75, 3.05) is 0 Å². The molecule has 15 nitrogen and oxygen atoms in total. The summed E-state index contributed by atoms with van der Waals surface area (Å²) in [5.41, 5.74) is 12.2. The maximum Gasteiger partial charge on any atom is 0.269 e. The van der Waals surface area contributed by atoms with Crippen LogP contribution in [0.1, 0.15) is 394 Å². The van der Waals surface area contributed by atoms with Crippen LogP contribution in [0.4, 0.5) is 0 Å². The number of Topliss-reactive ketones (excluding diaryl/α,β-unsaturated/α-hetero) is 4. The number of aliphatic hydroxyl groups is 1. The van der Waals surface area contributed by atoms with E-state index in [-0.39, 0.29) is 117 Å². The molecule has 0 aliphatic heterocycles. The fraction of sp³-hybridized carbons (Fsp3) is 0.730. The van der Waals surface area contributed by atoms with Crippen molar-refractivity contribution in [3.05, 3.63) is 147 Å². The van der Waals surface area contributed by atoms with E-state index in [9.17, 15) is 33.9 Å².